The predicted octanol–water partition coefficient (Wildman–Crippen LogP) is 3.29. The van der Waals surface area contributed by atoms with Crippen molar-refractivity contribution in [1.82, 2.24) is 5.32 Å². The molecule has 0 amide bonds. The van der Waals surface area contributed by atoms with Gasteiger partial charge in [0, 0.05) is 18.0 Å². The Morgan fingerprint density at radius 3 is 2.82 bits per heavy atom. The Hall–Kier alpha value is -1.02. The lowest BCUT2D eigenvalue weighted by atomic mass is 9.99. The van der Waals surface area contributed by atoms with E-state index in [4.69, 9.17) is 4.74 Å². The summed E-state index contributed by atoms with van der Waals surface area (Å²) in [5.41, 5.74) is 1.34. The molecule has 17 heavy (non-hydrogen) atoms. The summed E-state index contributed by atoms with van der Waals surface area (Å²) < 4.78 is 5.69. The van der Waals surface area contributed by atoms with Crippen LogP contribution in [0, 0.1) is 5.92 Å². The monoisotopic (exact) mass is 231 g/mol. The number of benzene rings is 1. The van der Waals surface area contributed by atoms with E-state index in [9.17, 15) is 0 Å². The molecule has 1 N–H and O–H groups in total. The van der Waals surface area contributed by atoms with E-state index < -0.39 is 0 Å². The van der Waals surface area contributed by atoms with Gasteiger partial charge in [0.05, 0.1) is 6.61 Å². The number of hydrogen-bond acceptors (Lipinski definition) is 2. The van der Waals surface area contributed by atoms with E-state index in [-0.39, 0.29) is 0 Å². The van der Waals surface area contributed by atoms with E-state index >= 15 is 0 Å². The number of rotatable bonds is 3. The van der Waals surface area contributed by atoms with Gasteiger partial charge in [-0.25, -0.2) is 0 Å². The molecular formula is C15H21NO. The molecule has 0 aromatic heterocycles. The maximum atomic E-state index is 5.69. The third-order valence-corrected chi connectivity index (χ3v) is 4.09. The molecule has 2 heteroatoms. The molecule has 1 fully saturated rings. The van der Waals surface area contributed by atoms with Gasteiger partial charge < -0.3 is 10.1 Å². The molecule has 0 radical (unpaired) electrons. The van der Waals surface area contributed by atoms with E-state index in [0.717, 1.165) is 24.7 Å². The van der Waals surface area contributed by atoms with Gasteiger partial charge in [-0.3, -0.25) is 0 Å². The number of nitrogens with one attached hydrogen (secondary N) is 1. The van der Waals surface area contributed by atoms with Gasteiger partial charge in [-0.2, -0.15) is 0 Å². The molecule has 1 aliphatic heterocycles. The van der Waals surface area contributed by atoms with Crippen molar-refractivity contribution in [3.63, 3.8) is 0 Å². The SMILES string of the molecule is c1ccc2c(c1)OCCC2NCC1CCCC1. The van der Waals surface area contributed by atoms with Crippen molar-refractivity contribution in [3.05, 3.63) is 29.8 Å². The summed E-state index contributed by atoms with van der Waals surface area (Å²) in [5.74, 6) is 1.98. The van der Waals surface area contributed by atoms with Crippen LogP contribution in [0.2, 0.25) is 0 Å². The highest BCUT2D eigenvalue weighted by molar-refractivity contribution is 5.37. The lowest BCUT2D eigenvalue weighted by molar-refractivity contribution is 0.248. The second-order valence-corrected chi connectivity index (χ2v) is 5.29. The van der Waals surface area contributed by atoms with Crippen molar-refractivity contribution in [2.75, 3.05) is 13.2 Å². The zero-order chi connectivity index (χ0) is 11.5. The van der Waals surface area contributed by atoms with Crippen molar-refractivity contribution in [1.29, 1.82) is 0 Å². The fraction of sp³-hybridized carbons (Fsp3) is 0.600. The van der Waals surface area contributed by atoms with Crippen molar-refractivity contribution < 1.29 is 4.74 Å². The van der Waals surface area contributed by atoms with Crippen LogP contribution in [0.25, 0.3) is 0 Å². The molecule has 1 saturated carbocycles. The van der Waals surface area contributed by atoms with Crippen LogP contribution in [0.1, 0.15) is 43.7 Å². The summed E-state index contributed by atoms with van der Waals surface area (Å²) in [4.78, 5) is 0. The van der Waals surface area contributed by atoms with Crippen LogP contribution in [0.5, 0.6) is 5.75 Å². The summed E-state index contributed by atoms with van der Waals surface area (Å²) >= 11 is 0. The third kappa shape index (κ3) is 2.47. The van der Waals surface area contributed by atoms with Gasteiger partial charge in [0.2, 0.25) is 0 Å². The minimum Gasteiger partial charge on any atom is -0.493 e. The van der Waals surface area contributed by atoms with Gasteiger partial charge in [-0.1, -0.05) is 31.0 Å². The minimum atomic E-state index is 0.501. The fourth-order valence-corrected chi connectivity index (χ4v) is 3.08. The number of hydrogen-bond donors (Lipinski definition) is 1. The van der Waals surface area contributed by atoms with Gasteiger partial charge in [-0.15, -0.1) is 0 Å². The fourth-order valence-electron chi connectivity index (χ4n) is 3.08. The van der Waals surface area contributed by atoms with Crippen LogP contribution in [-0.2, 0) is 0 Å². The first-order valence-electron chi connectivity index (χ1n) is 6.88. The lowest BCUT2D eigenvalue weighted by Gasteiger charge is -2.27. The zero-order valence-electron chi connectivity index (χ0n) is 10.3. The Bertz CT molecular complexity index is 371. The van der Waals surface area contributed by atoms with E-state index in [1.54, 1.807) is 0 Å². The highest BCUT2D eigenvalue weighted by atomic mass is 16.5. The molecule has 0 spiro atoms. The maximum Gasteiger partial charge on any atom is 0.124 e. The predicted molar refractivity (Wildman–Crippen MR) is 69.3 cm³/mol. The first-order chi connectivity index (χ1) is 8.43. The van der Waals surface area contributed by atoms with E-state index in [1.165, 1.54) is 37.8 Å². The molecule has 1 aliphatic carbocycles. The average Bonchev–Trinajstić information content (AvgIpc) is 2.89. The largest absolute Gasteiger partial charge is 0.493 e. The molecule has 1 atom stereocenters. The summed E-state index contributed by atoms with van der Waals surface area (Å²) in [6.07, 6.45) is 6.78. The molecule has 1 aromatic carbocycles. The summed E-state index contributed by atoms with van der Waals surface area (Å²) in [5, 5.41) is 3.74. The summed E-state index contributed by atoms with van der Waals surface area (Å²) in [6, 6.07) is 8.94. The molecule has 0 bridgehead atoms. The maximum absolute atomic E-state index is 5.69. The smallest absolute Gasteiger partial charge is 0.124 e. The van der Waals surface area contributed by atoms with Crippen LogP contribution in [0.4, 0.5) is 0 Å². The standard InChI is InChI=1S/C15H21NO/c1-2-6-12(5-1)11-16-14-9-10-17-15-8-4-3-7-13(14)15/h3-4,7-8,12,14,16H,1-2,5-6,9-11H2. The average molecular weight is 231 g/mol. The lowest BCUT2D eigenvalue weighted by Crippen LogP contribution is -2.30. The van der Waals surface area contributed by atoms with E-state index in [2.05, 4.69) is 29.6 Å². The Morgan fingerprint density at radius 1 is 1.12 bits per heavy atom. The van der Waals surface area contributed by atoms with Gasteiger partial charge in [0.1, 0.15) is 5.75 Å². The third-order valence-electron chi connectivity index (χ3n) is 4.09. The van der Waals surface area contributed by atoms with E-state index in [1.807, 2.05) is 0 Å². The second kappa shape index (κ2) is 5.09. The molecule has 1 unspecified atom stereocenters. The number of ether oxygens (including phenoxy) is 1. The Balaban J connectivity index is 1.64. The first-order valence-corrected chi connectivity index (χ1v) is 6.88. The van der Waals surface area contributed by atoms with Crippen molar-refractivity contribution in [2.45, 2.75) is 38.1 Å². The summed E-state index contributed by atoms with van der Waals surface area (Å²) in [6.45, 7) is 2.03. The molecule has 1 heterocycles. The van der Waals surface area contributed by atoms with Gasteiger partial charge >= 0.3 is 0 Å². The van der Waals surface area contributed by atoms with Crippen molar-refractivity contribution in [3.8, 4) is 5.75 Å². The summed E-state index contributed by atoms with van der Waals surface area (Å²) in [7, 11) is 0. The first kappa shape index (κ1) is 11.1. The van der Waals surface area contributed by atoms with Gasteiger partial charge in [-0.05, 0) is 31.4 Å². The zero-order valence-corrected chi connectivity index (χ0v) is 10.3. The minimum absolute atomic E-state index is 0.501. The second-order valence-electron chi connectivity index (χ2n) is 5.29. The van der Waals surface area contributed by atoms with Crippen LogP contribution in [-0.4, -0.2) is 13.2 Å². The molecule has 92 valence electrons. The normalized spacial score (nSPS) is 24.4. The Morgan fingerprint density at radius 2 is 1.94 bits per heavy atom. The van der Waals surface area contributed by atoms with Crippen LogP contribution in [0.3, 0.4) is 0 Å². The topological polar surface area (TPSA) is 21.3 Å². The van der Waals surface area contributed by atoms with Crippen LogP contribution < -0.4 is 10.1 Å². The Labute approximate surface area is 103 Å². The molecule has 2 nitrogen and oxygen atoms in total. The highest BCUT2D eigenvalue weighted by Crippen LogP contribution is 2.32. The van der Waals surface area contributed by atoms with E-state index in [0.29, 0.717) is 6.04 Å². The molecule has 2 aliphatic rings. The van der Waals surface area contributed by atoms with Crippen molar-refractivity contribution >= 4 is 0 Å². The van der Waals surface area contributed by atoms with Crippen LogP contribution >= 0.6 is 0 Å². The molecular weight excluding hydrogens is 210 g/mol. The van der Waals surface area contributed by atoms with Gasteiger partial charge in [0.25, 0.3) is 0 Å². The molecule has 3 rings (SSSR count). The highest BCUT2D eigenvalue weighted by Gasteiger charge is 2.22. The Kier molecular flexibility index (Phi) is 3.32. The number of fused-ring (bicyclic) bond motifs is 1. The quantitative estimate of drug-likeness (QED) is 0.862. The molecule has 0 saturated heterocycles. The number of para-hydroxylation sites is 1. The van der Waals surface area contributed by atoms with Crippen molar-refractivity contribution in [2.24, 2.45) is 5.92 Å². The molecule has 1 aromatic rings. The van der Waals surface area contributed by atoms with Gasteiger partial charge in [0.15, 0.2) is 0 Å². The van der Waals surface area contributed by atoms with Crippen LogP contribution in [0.15, 0.2) is 24.3 Å².